The zero-order valence-electron chi connectivity index (χ0n) is 23.4. The van der Waals surface area contributed by atoms with Crippen molar-refractivity contribution in [1.82, 2.24) is 34.7 Å². The number of benzene rings is 1. The summed E-state index contributed by atoms with van der Waals surface area (Å²) in [5.74, 6) is 1.14. The van der Waals surface area contributed by atoms with Crippen molar-refractivity contribution in [1.29, 1.82) is 0 Å². The number of aryl methyl sites for hydroxylation is 1. The molecule has 206 valence electrons. The zero-order chi connectivity index (χ0) is 27.0. The van der Waals surface area contributed by atoms with E-state index in [9.17, 15) is 4.79 Å². The van der Waals surface area contributed by atoms with Gasteiger partial charge >= 0.3 is 5.69 Å². The molecule has 1 aliphatic rings. The van der Waals surface area contributed by atoms with E-state index in [0.29, 0.717) is 24.3 Å². The van der Waals surface area contributed by atoms with Gasteiger partial charge in [0, 0.05) is 29.7 Å². The van der Waals surface area contributed by atoms with Gasteiger partial charge in [0.1, 0.15) is 0 Å². The molecule has 2 unspecified atom stereocenters. The van der Waals surface area contributed by atoms with E-state index >= 15 is 0 Å². The number of nitrogens with zero attached hydrogens (tertiary/aromatic N) is 6. The van der Waals surface area contributed by atoms with E-state index in [1.54, 1.807) is 0 Å². The van der Waals surface area contributed by atoms with Crippen LogP contribution in [-0.2, 0) is 13.0 Å². The minimum Gasteiger partial charge on any atom is -0.296 e. The van der Waals surface area contributed by atoms with Crippen LogP contribution in [0.3, 0.4) is 0 Å². The van der Waals surface area contributed by atoms with Crippen LogP contribution in [0, 0.1) is 5.92 Å². The van der Waals surface area contributed by atoms with E-state index in [4.69, 9.17) is 0 Å². The van der Waals surface area contributed by atoms with Crippen LogP contribution >= 0.6 is 0 Å². The Hall–Kier alpha value is -3.55. The molecular formula is C31H41N7O. The molecule has 1 fully saturated rings. The third-order valence-electron chi connectivity index (χ3n) is 8.19. The van der Waals surface area contributed by atoms with Gasteiger partial charge in [0.2, 0.25) is 5.82 Å². The monoisotopic (exact) mass is 527 g/mol. The second-order valence-electron chi connectivity index (χ2n) is 11.0. The molecule has 1 saturated carbocycles. The second-order valence-corrected chi connectivity index (χ2v) is 11.0. The first kappa shape index (κ1) is 27.0. The highest BCUT2D eigenvalue weighted by Crippen LogP contribution is 2.34. The summed E-state index contributed by atoms with van der Waals surface area (Å²) in [5, 5.41) is 14.4. The summed E-state index contributed by atoms with van der Waals surface area (Å²) >= 11 is 0. The fraction of sp³-hybridized carbons (Fsp3) is 0.516. The van der Waals surface area contributed by atoms with Crippen LogP contribution in [0.5, 0.6) is 0 Å². The minimum atomic E-state index is 0.124. The first-order chi connectivity index (χ1) is 19.2. The van der Waals surface area contributed by atoms with Crippen molar-refractivity contribution in [3.05, 3.63) is 70.7 Å². The lowest BCUT2D eigenvalue weighted by molar-refractivity contribution is 0.241. The molecule has 5 rings (SSSR count). The third-order valence-corrected chi connectivity index (χ3v) is 8.19. The molecule has 8 nitrogen and oxygen atoms in total. The maximum Gasteiger partial charge on any atom is 0.328 e. The largest absolute Gasteiger partial charge is 0.328 e. The van der Waals surface area contributed by atoms with E-state index in [-0.39, 0.29) is 5.69 Å². The number of aromatic nitrogens is 7. The van der Waals surface area contributed by atoms with Crippen molar-refractivity contribution in [3.8, 4) is 22.5 Å². The average Bonchev–Trinajstić information content (AvgIpc) is 3.59. The second kappa shape index (κ2) is 13.0. The minimum absolute atomic E-state index is 0.124. The van der Waals surface area contributed by atoms with Crippen molar-refractivity contribution in [2.24, 2.45) is 5.92 Å². The van der Waals surface area contributed by atoms with Crippen LogP contribution in [0.2, 0.25) is 0 Å². The van der Waals surface area contributed by atoms with Crippen LogP contribution in [0.1, 0.15) is 95.5 Å². The van der Waals surface area contributed by atoms with Crippen LogP contribution in [-0.4, -0.2) is 34.7 Å². The van der Waals surface area contributed by atoms with E-state index in [2.05, 4.69) is 68.4 Å². The molecule has 4 aromatic rings. The average molecular weight is 528 g/mol. The summed E-state index contributed by atoms with van der Waals surface area (Å²) in [6, 6.07) is 12.5. The van der Waals surface area contributed by atoms with E-state index in [1.165, 1.54) is 44.9 Å². The van der Waals surface area contributed by atoms with Crippen molar-refractivity contribution in [2.75, 3.05) is 0 Å². The van der Waals surface area contributed by atoms with E-state index < -0.39 is 0 Å². The number of unbranched alkanes of at least 4 members (excludes halogenated alkanes) is 1. The van der Waals surface area contributed by atoms with Gasteiger partial charge in [-0.3, -0.25) is 14.1 Å². The standard InChI is InChI=1S/C31H41N7O/c1-3-5-15-28-22-38(29-16-9-7-6-8-12-23(29)11-4-2)31(39)37(28)21-27-20-25(17-18-32-27)24-13-10-14-26(19-24)30-33-35-36-34-30/h10,13-14,17-20,22-23,29H,3-9,11-12,15-16,21H2,1-2H3,(H,33,34,35,36). The molecule has 0 saturated heterocycles. The first-order valence-corrected chi connectivity index (χ1v) is 14.8. The Morgan fingerprint density at radius 3 is 2.59 bits per heavy atom. The normalized spacial score (nSPS) is 18.1. The lowest BCUT2D eigenvalue weighted by Gasteiger charge is -2.29. The van der Waals surface area contributed by atoms with E-state index in [0.717, 1.165) is 53.8 Å². The molecule has 1 aromatic carbocycles. The molecule has 0 amide bonds. The summed E-state index contributed by atoms with van der Waals surface area (Å²) in [4.78, 5) is 18.7. The fourth-order valence-corrected chi connectivity index (χ4v) is 6.16. The van der Waals surface area contributed by atoms with Gasteiger partial charge in [0.25, 0.3) is 0 Å². The molecule has 3 heterocycles. The Kier molecular flexibility index (Phi) is 9.01. The topological polar surface area (TPSA) is 94.3 Å². The highest BCUT2D eigenvalue weighted by molar-refractivity contribution is 5.70. The van der Waals surface area contributed by atoms with Gasteiger partial charge in [-0.15, -0.1) is 10.2 Å². The number of hydrogen-bond donors (Lipinski definition) is 1. The number of nitrogens with one attached hydrogen (secondary N) is 1. The molecule has 39 heavy (non-hydrogen) atoms. The summed E-state index contributed by atoms with van der Waals surface area (Å²) in [6.07, 6.45) is 16.9. The maximum atomic E-state index is 14.0. The van der Waals surface area contributed by atoms with Crippen molar-refractivity contribution >= 4 is 0 Å². The molecule has 0 radical (unpaired) electrons. The Labute approximate surface area is 230 Å². The van der Waals surface area contributed by atoms with Crippen molar-refractivity contribution in [3.63, 3.8) is 0 Å². The lowest BCUT2D eigenvalue weighted by Crippen LogP contribution is -2.32. The molecule has 2 atom stereocenters. The van der Waals surface area contributed by atoms with Gasteiger partial charge in [0.05, 0.1) is 12.2 Å². The van der Waals surface area contributed by atoms with Gasteiger partial charge in [-0.2, -0.15) is 5.21 Å². The molecule has 1 N–H and O–H groups in total. The molecule has 1 aliphatic carbocycles. The highest BCUT2D eigenvalue weighted by atomic mass is 16.1. The predicted octanol–water partition coefficient (Wildman–Crippen LogP) is 6.59. The molecule has 0 aliphatic heterocycles. The smallest absolute Gasteiger partial charge is 0.296 e. The SMILES string of the molecule is CCCCc1cn(C2CCCCCCC2CCC)c(=O)n1Cc1cc(-c2cccc(-c3nn[nH]n3)c2)ccn1. The Morgan fingerprint density at radius 1 is 0.974 bits per heavy atom. The van der Waals surface area contributed by atoms with Gasteiger partial charge < -0.3 is 0 Å². The third kappa shape index (κ3) is 6.37. The Morgan fingerprint density at radius 2 is 1.79 bits per heavy atom. The van der Waals surface area contributed by atoms with Crippen LogP contribution in [0.4, 0.5) is 0 Å². The summed E-state index contributed by atoms with van der Waals surface area (Å²) in [7, 11) is 0. The van der Waals surface area contributed by atoms with E-state index in [1.807, 2.05) is 29.0 Å². The van der Waals surface area contributed by atoms with Gasteiger partial charge in [-0.25, -0.2) is 4.79 Å². The Balaban J connectivity index is 1.46. The number of aromatic amines is 1. The van der Waals surface area contributed by atoms with Crippen molar-refractivity contribution < 1.29 is 0 Å². The fourth-order valence-electron chi connectivity index (χ4n) is 6.16. The molecule has 8 heteroatoms. The summed E-state index contributed by atoms with van der Waals surface area (Å²) < 4.78 is 4.09. The number of tetrazole rings is 1. The van der Waals surface area contributed by atoms with Crippen LogP contribution in [0.15, 0.2) is 53.6 Å². The Bertz CT molecular complexity index is 1390. The van der Waals surface area contributed by atoms with Gasteiger partial charge in [0.15, 0.2) is 0 Å². The van der Waals surface area contributed by atoms with Gasteiger partial charge in [-0.05, 0) is 72.6 Å². The van der Waals surface area contributed by atoms with Crippen LogP contribution < -0.4 is 5.69 Å². The van der Waals surface area contributed by atoms with Crippen LogP contribution in [0.25, 0.3) is 22.5 Å². The first-order valence-electron chi connectivity index (χ1n) is 14.8. The number of hydrogen-bond acceptors (Lipinski definition) is 5. The predicted molar refractivity (Wildman–Crippen MR) is 154 cm³/mol. The quantitative estimate of drug-likeness (QED) is 0.251. The molecule has 3 aromatic heterocycles. The maximum absolute atomic E-state index is 14.0. The summed E-state index contributed by atoms with van der Waals surface area (Å²) in [6.45, 7) is 4.96. The number of H-pyrrole nitrogens is 1. The number of pyridine rings is 1. The molecule has 0 spiro atoms. The summed E-state index contributed by atoms with van der Waals surface area (Å²) in [5.41, 5.74) is 5.14. The zero-order valence-corrected chi connectivity index (χ0v) is 23.4. The number of imidazole rings is 1. The molecular weight excluding hydrogens is 486 g/mol. The highest BCUT2D eigenvalue weighted by Gasteiger charge is 2.27. The molecule has 0 bridgehead atoms. The lowest BCUT2D eigenvalue weighted by atomic mass is 9.84. The van der Waals surface area contributed by atoms with Crippen molar-refractivity contribution in [2.45, 2.75) is 97.1 Å². The number of rotatable bonds is 10. The van der Waals surface area contributed by atoms with Gasteiger partial charge in [-0.1, -0.05) is 70.6 Å².